The van der Waals surface area contributed by atoms with Crippen molar-refractivity contribution in [2.24, 2.45) is 0 Å². The lowest BCUT2D eigenvalue weighted by Gasteiger charge is -2.34. The van der Waals surface area contributed by atoms with E-state index in [0.29, 0.717) is 0 Å². The SMILES string of the molecule is O=S(=O)(O)C(c1ccccc1)(c1cc(Cl)ccc1Cl)c1cc(Cl)c(O)c(O)c1Cl. The molecule has 0 bridgehead atoms. The zero-order chi connectivity index (χ0) is 21.6. The average molecular weight is 494 g/mol. The predicted octanol–water partition coefficient (Wildman–Crippen LogP) is 5.89. The molecule has 1 atom stereocenters. The van der Waals surface area contributed by atoms with Crippen molar-refractivity contribution in [3.05, 3.63) is 91.4 Å². The molecule has 0 aliphatic rings. The van der Waals surface area contributed by atoms with Crippen LogP contribution in [0.15, 0.2) is 54.6 Å². The monoisotopic (exact) mass is 492 g/mol. The van der Waals surface area contributed by atoms with Gasteiger partial charge in [0.05, 0.1) is 10.0 Å². The topological polar surface area (TPSA) is 94.8 Å². The summed E-state index contributed by atoms with van der Waals surface area (Å²) < 4.78 is 34.1. The summed E-state index contributed by atoms with van der Waals surface area (Å²) in [6, 6.07) is 12.7. The molecule has 3 aromatic rings. The zero-order valence-corrected chi connectivity index (χ0v) is 18.1. The Balaban J connectivity index is 2.65. The highest BCUT2D eigenvalue weighted by atomic mass is 35.5. The van der Waals surface area contributed by atoms with Gasteiger partial charge in [0.1, 0.15) is 0 Å². The molecule has 0 amide bonds. The fourth-order valence-electron chi connectivity index (χ4n) is 3.18. The summed E-state index contributed by atoms with van der Waals surface area (Å²) in [6.07, 6.45) is 0. The molecule has 0 heterocycles. The first-order valence-corrected chi connectivity index (χ1v) is 10.9. The van der Waals surface area contributed by atoms with Gasteiger partial charge in [0.25, 0.3) is 10.1 Å². The van der Waals surface area contributed by atoms with Gasteiger partial charge in [-0.3, -0.25) is 4.55 Å². The highest BCUT2D eigenvalue weighted by Gasteiger charge is 2.51. The molecule has 3 rings (SSSR count). The fourth-order valence-corrected chi connectivity index (χ4v) is 5.53. The van der Waals surface area contributed by atoms with Crippen molar-refractivity contribution in [2.75, 3.05) is 0 Å². The number of phenolic OH excluding ortho intramolecular Hbond substituents is 2. The summed E-state index contributed by atoms with van der Waals surface area (Å²) in [7, 11) is -5.07. The molecular weight excluding hydrogens is 482 g/mol. The Hall–Kier alpha value is -1.67. The number of benzene rings is 3. The van der Waals surface area contributed by atoms with Crippen molar-refractivity contribution in [3.63, 3.8) is 0 Å². The first-order chi connectivity index (χ1) is 13.5. The maximum atomic E-state index is 13.0. The van der Waals surface area contributed by atoms with E-state index in [1.807, 2.05) is 0 Å². The Kier molecular flexibility index (Phi) is 5.98. The highest BCUT2D eigenvalue weighted by molar-refractivity contribution is 7.87. The van der Waals surface area contributed by atoms with Gasteiger partial charge in [-0.25, -0.2) is 0 Å². The number of rotatable bonds is 4. The van der Waals surface area contributed by atoms with Gasteiger partial charge in [0, 0.05) is 21.2 Å². The van der Waals surface area contributed by atoms with Crippen LogP contribution in [0.4, 0.5) is 0 Å². The number of hydrogen-bond donors (Lipinski definition) is 3. The van der Waals surface area contributed by atoms with Crippen LogP contribution in [-0.4, -0.2) is 23.2 Å². The van der Waals surface area contributed by atoms with Gasteiger partial charge in [-0.15, -0.1) is 0 Å². The Morgan fingerprint density at radius 1 is 0.759 bits per heavy atom. The van der Waals surface area contributed by atoms with E-state index < -0.39 is 31.4 Å². The smallest absolute Gasteiger partial charge is 0.283 e. The van der Waals surface area contributed by atoms with Gasteiger partial charge in [0.15, 0.2) is 16.2 Å². The van der Waals surface area contributed by atoms with Crippen molar-refractivity contribution in [1.82, 2.24) is 0 Å². The molecule has 0 fully saturated rings. The molecule has 3 N–H and O–H groups in total. The van der Waals surface area contributed by atoms with Crippen molar-refractivity contribution in [3.8, 4) is 11.5 Å². The van der Waals surface area contributed by atoms with E-state index >= 15 is 0 Å². The van der Waals surface area contributed by atoms with Crippen molar-refractivity contribution < 1.29 is 23.2 Å². The molecule has 3 aromatic carbocycles. The summed E-state index contributed by atoms with van der Waals surface area (Å²) in [6.45, 7) is 0. The van der Waals surface area contributed by atoms with E-state index in [0.717, 1.165) is 6.07 Å². The number of halogens is 4. The van der Waals surface area contributed by atoms with E-state index in [1.165, 1.54) is 30.3 Å². The van der Waals surface area contributed by atoms with Crippen LogP contribution in [0.5, 0.6) is 11.5 Å². The first-order valence-electron chi connectivity index (χ1n) is 7.90. The van der Waals surface area contributed by atoms with Crippen LogP contribution in [0.3, 0.4) is 0 Å². The quantitative estimate of drug-likeness (QED) is 0.239. The molecule has 0 spiro atoms. The summed E-state index contributed by atoms with van der Waals surface area (Å²) in [4.78, 5) is 0. The standard InChI is InChI=1S/C19H12Cl4O5S/c20-11-6-7-14(21)12(8-11)19(29(26,27)28,10-4-2-1-3-5-10)13-9-15(22)17(24)18(25)16(13)23/h1-9,24-25H,(H,26,27,28). The zero-order valence-electron chi connectivity index (χ0n) is 14.3. The molecule has 0 aliphatic carbocycles. The maximum Gasteiger partial charge on any atom is 0.283 e. The lowest BCUT2D eigenvalue weighted by atomic mass is 9.83. The second kappa shape index (κ2) is 7.87. The molecule has 0 aromatic heterocycles. The maximum absolute atomic E-state index is 13.0. The number of phenols is 2. The highest BCUT2D eigenvalue weighted by Crippen LogP contribution is 2.53. The molecule has 5 nitrogen and oxygen atoms in total. The summed E-state index contributed by atoms with van der Waals surface area (Å²) in [5.74, 6) is -1.59. The van der Waals surface area contributed by atoms with Crippen LogP contribution in [-0.2, 0) is 14.9 Å². The third-order valence-electron chi connectivity index (χ3n) is 4.42. The summed E-state index contributed by atoms with van der Waals surface area (Å²) in [5.41, 5.74) is -0.393. The molecular formula is C19H12Cl4O5S. The molecule has 29 heavy (non-hydrogen) atoms. The molecule has 0 radical (unpaired) electrons. The second-order valence-electron chi connectivity index (χ2n) is 6.06. The Bertz CT molecular complexity index is 1200. The third-order valence-corrected chi connectivity index (χ3v) is 7.10. The molecule has 1 unspecified atom stereocenters. The molecule has 0 saturated carbocycles. The molecule has 0 aliphatic heterocycles. The van der Waals surface area contributed by atoms with Crippen LogP contribution in [0, 0.1) is 0 Å². The third kappa shape index (κ3) is 3.54. The van der Waals surface area contributed by atoms with Crippen LogP contribution in [0.25, 0.3) is 0 Å². The second-order valence-corrected chi connectivity index (χ2v) is 9.25. The normalized spacial score (nSPS) is 13.8. The van der Waals surface area contributed by atoms with Crippen LogP contribution in [0.1, 0.15) is 16.7 Å². The van der Waals surface area contributed by atoms with Gasteiger partial charge in [0.2, 0.25) is 0 Å². The molecule has 0 saturated heterocycles. The molecule has 10 heteroatoms. The van der Waals surface area contributed by atoms with E-state index in [9.17, 15) is 23.2 Å². The minimum absolute atomic E-state index is 0.0457. The van der Waals surface area contributed by atoms with Crippen LogP contribution >= 0.6 is 46.4 Å². The Morgan fingerprint density at radius 3 is 1.97 bits per heavy atom. The lowest BCUT2D eigenvalue weighted by Crippen LogP contribution is -2.39. The van der Waals surface area contributed by atoms with Crippen molar-refractivity contribution in [1.29, 1.82) is 0 Å². The lowest BCUT2D eigenvalue weighted by molar-refractivity contribution is 0.402. The van der Waals surface area contributed by atoms with E-state index in [-0.39, 0.29) is 31.8 Å². The van der Waals surface area contributed by atoms with Crippen molar-refractivity contribution in [2.45, 2.75) is 4.75 Å². The van der Waals surface area contributed by atoms with Gasteiger partial charge < -0.3 is 10.2 Å². The fraction of sp³-hybridized carbons (Fsp3) is 0.0526. The largest absolute Gasteiger partial charge is 0.503 e. The van der Waals surface area contributed by atoms with Gasteiger partial charge >= 0.3 is 0 Å². The van der Waals surface area contributed by atoms with E-state index in [1.54, 1.807) is 18.2 Å². The van der Waals surface area contributed by atoms with Crippen LogP contribution < -0.4 is 0 Å². The average Bonchev–Trinajstić information content (AvgIpc) is 2.67. The number of aromatic hydroxyl groups is 2. The van der Waals surface area contributed by atoms with E-state index in [2.05, 4.69) is 0 Å². The Morgan fingerprint density at radius 2 is 1.38 bits per heavy atom. The summed E-state index contributed by atoms with van der Waals surface area (Å²) in [5, 5.41) is 19.3. The summed E-state index contributed by atoms with van der Waals surface area (Å²) >= 11 is 24.6. The minimum atomic E-state index is -5.07. The van der Waals surface area contributed by atoms with Crippen molar-refractivity contribution >= 4 is 56.5 Å². The van der Waals surface area contributed by atoms with Gasteiger partial charge in [-0.1, -0.05) is 76.7 Å². The predicted molar refractivity (Wildman–Crippen MR) is 114 cm³/mol. The van der Waals surface area contributed by atoms with Gasteiger partial charge in [-0.2, -0.15) is 8.42 Å². The Labute approximate surface area is 186 Å². The van der Waals surface area contributed by atoms with E-state index in [4.69, 9.17) is 46.4 Å². The molecule has 152 valence electrons. The van der Waals surface area contributed by atoms with Crippen LogP contribution in [0.2, 0.25) is 20.1 Å². The first kappa shape index (κ1) is 22.0. The number of hydrogen-bond acceptors (Lipinski definition) is 4. The minimum Gasteiger partial charge on any atom is -0.503 e. The van der Waals surface area contributed by atoms with Gasteiger partial charge in [-0.05, 0) is 29.8 Å².